The van der Waals surface area contributed by atoms with Gasteiger partial charge in [0, 0.05) is 17.2 Å². The molecular formula is C18H15F3N2O4S. The van der Waals surface area contributed by atoms with Gasteiger partial charge in [-0.1, -0.05) is 11.8 Å². The van der Waals surface area contributed by atoms with Crippen molar-refractivity contribution in [3.8, 4) is 17.0 Å². The highest BCUT2D eigenvalue weighted by atomic mass is 32.2. The van der Waals surface area contributed by atoms with E-state index >= 15 is 0 Å². The van der Waals surface area contributed by atoms with E-state index in [0.717, 1.165) is 17.8 Å². The lowest BCUT2D eigenvalue weighted by molar-refractivity contribution is -0.151. The molecule has 0 spiro atoms. The first-order valence-corrected chi connectivity index (χ1v) is 9.28. The number of hydrogen-bond donors (Lipinski definition) is 0. The third kappa shape index (κ3) is 3.85. The monoisotopic (exact) mass is 412 g/mol. The van der Waals surface area contributed by atoms with E-state index in [9.17, 15) is 18.0 Å². The summed E-state index contributed by atoms with van der Waals surface area (Å²) in [5.41, 5.74) is -0.411. The normalized spacial score (nSPS) is 24.4. The molecule has 0 unspecified atom stereocenters. The number of carbonyl (C=O) groups excluding carboxylic acids is 1. The highest BCUT2D eigenvalue weighted by Crippen LogP contribution is 2.38. The largest absolute Gasteiger partial charge is 0.497 e. The Balaban J connectivity index is 1.67. The summed E-state index contributed by atoms with van der Waals surface area (Å²) in [4.78, 5) is 19.9. The van der Waals surface area contributed by atoms with Gasteiger partial charge in [0.15, 0.2) is 10.9 Å². The quantitative estimate of drug-likeness (QED) is 0.714. The number of carbonyl (C=O) groups is 1. The van der Waals surface area contributed by atoms with E-state index < -0.39 is 23.4 Å². The first-order chi connectivity index (χ1) is 13.3. The van der Waals surface area contributed by atoms with Gasteiger partial charge >= 0.3 is 6.18 Å². The zero-order chi connectivity index (χ0) is 19.9. The Hall–Kier alpha value is -2.17. The van der Waals surface area contributed by atoms with Gasteiger partial charge in [0.2, 0.25) is 6.29 Å². The Morgan fingerprint density at radius 2 is 1.96 bits per heavy atom. The molecule has 2 aliphatic rings. The number of ether oxygens (including phenoxy) is 3. The molecule has 0 amide bonds. The number of rotatable bonds is 4. The van der Waals surface area contributed by atoms with Gasteiger partial charge in [0.25, 0.3) is 0 Å². The van der Waals surface area contributed by atoms with Crippen molar-refractivity contribution in [2.75, 3.05) is 13.7 Å². The molecule has 4 rings (SSSR count). The summed E-state index contributed by atoms with van der Waals surface area (Å²) in [6.45, 7) is 0.221. The van der Waals surface area contributed by atoms with Gasteiger partial charge in [-0.15, -0.1) is 0 Å². The van der Waals surface area contributed by atoms with E-state index in [-0.39, 0.29) is 35.8 Å². The van der Waals surface area contributed by atoms with Crippen LogP contribution in [0.15, 0.2) is 35.5 Å². The van der Waals surface area contributed by atoms with Crippen LogP contribution in [0.25, 0.3) is 11.3 Å². The zero-order valence-electron chi connectivity index (χ0n) is 14.6. The second-order valence-electron chi connectivity index (χ2n) is 6.31. The lowest BCUT2D eigenvalue weighted by Crippen LogP contribution is -2.37. The van der Waals surface area contributed by atoms with Crippen molar-refractivity contribution < 1.29 is 32.2 Å². The molecule has 0 N–H and O–H groups in total. The van der Waals surface area contributed by atoms with Crippen LogP contribution in [0.2, 0.25) is 0 Å². The lowest BCUT2D eigenvalue weighted by Gasteiger charge is -2.25. The molecule has 0 radical (unpaired) electrons. The smallest absolute Gasteiger partial charge is 0.433 e. The zero-order valence-corrected chi connectivity index (χ0v) is 15.4. The maximum Gasteiger partial charge on any atom is 0.433 e. The van der Waals surface area contributed by atoms with Gasteiger partial charge in [0.1, 0.15) is 11.4 Å². The molecule has 2 fully saturated rings. The minimum absolute atomic E-state index is 0.0626. The molecule has 28 heavy (non-hydrogen) atoms. The summed E-state index contributed by atoms with van der Waals surface area (Å²) in [5.74, 6) is 0.353. The number of benzene rings is 1. The number of nitrogens with zero attached hydrogens (tertiary/aromatic N) is 2. The predicted octanol–water partition coefficient (Wildman–Crippen LogP) is 3.35. The van der Waals surface area contributed by atoms with Crippen LogP contribution in [0.3, 0.4) is 0 Å². The molecule has 1 aromatic carbocycles. The number of thioether (sulfide) groups is 1. The number of fused-ring (bicyclic) bond motifs is 2. The Kier molecular flexibility index (Phi) is 5.02. The number of alkyl halides is 3. The van der Waals surface area contributed by atoms with E-state index in [0.29, 0.717) is 11.3 Å². The SMILES string of the molecule is COc1ccc(-c2cc(C(F)(F)F)nc(S[C@H]3CC(=O)[C@H]4OC[C@H]3O4)n2)cc1. The predicted molar refractivity (Wildman–Crippen MR) is 92.9 cm³/mol. The van der Waals surface area contributed by atoms with E-state index in [1.54, 1.807) is 24.3 Å². The molecular weight excluding hydrogens is 397 g/mol. The molecule has 0 aliphatic carbocycles. The summed E-state index contributed by atoms with van der Waals surface area (Å²) < 4.78 is 55.8. The minimum atomic E-state index is -4.63. The first-order valence-electron chi connectivity index (χ1n) is 8.40. The van der Waals surface area contributed by atoms with Crippen LogP contribution in [0, 0.1) is 0 Å². The van der Waals surface area contributed by atoms with Gasteiger partial charge in [-0.3, -0.25) is 4.79 Å². The minimum Gasteiger partial charge on any atom is -0.497 e. The van der Waals surface area contributed by atoms with Crippen molar-refractivity contribution in [2.24, 2.45) is 0 Å². The molecule has 148 valence electrons. The Bertz CT molecular complexity index is 891. The maximum absolute atomic E-state index is 13.4. The molecule has 1 aromatic heterocycles. The van der Waals surface area contributed by atoms with Crippen LogP contribution in [0.4, 0.5) is 13.2 Å². The number of hydrogen-bond acceptors (Lipinski definition) is 7. The van der Waals surface area contributed by atoms with Crippen molar-refractivity contribution in [2.45, 2.75) is 35.4 Å². The summed E-state index contributed by atoms with van der Waals surface area (Å²) in [6, 6.07) is 7.43. The summed E-state index contributed by atoms with van der Waals surface area (Å²) in [5, 5.41) is -0.467. The second kappa shape index (κ2) is 7.34. The topological polar surface area (TPSA) is 70.5 Å². The van der Waals surface area contributed by atoms with E-state index in [1.165, 1.54) is 7.11 Å². The van der Waals surface area contributed by atoms with Crippen LogP contribution < -0.4 is 4.74 Å². The highest BCUT2D eigenvalue weighted by Gasteiger charge is 2.44. The molecule has 0 saturated carbocycles. The Morgan fingerprint density at radius 3 is 2.64 bits per heavy atom. The van der Waals surface area contributed by atoms with E-state index in [4.69, 9.17) is 14.2 Å². The second-order valence-corrected chi connectivity index (χ2v) is 7.52. The maximum atomic E-state index is 13.4. The fraction of sp³-hybridized carbons (Fsp3) is 0.389. The van der Waals surface area contributed by atoms with Crippen LogP contribution in [-0.4, -0.2) is 47.1 Å². The fourth-order valence-corrected chi connectivity index (χ4v) is 4.11. The Morgan fingerprint density at radius 1 is 1.21 bits per heavy atom. The standard InChI is InChI=1S/C18H15F3N2O4S/c1-25-10-4-2-9(3-5-10)11-6-15(18(19,20)21)23-17(22-11)28-14-7-12(24)16-26-8-13(14)27-16/h2-6,13-14,16H,7-8H2,1H3/t13-,14+,16+/m1/s1. The molecule has 2 aliphatic heterocycles. The van der Waals surface area contributed by atoms with Gasteiger partial charge in [0.05, 0.1) is 25.5 Å². The number of methoxy groups -OCH3 is 1. The molecule has 3 heterocycles. The van der Waals surface area contributed by atoms with Crippen molar-refractivity contribution in [3.63, 3.8) is 0 Å². The molecule has 2 saturated heterocycles. The van der Waals surface area contributed by atoms with Gasteiger partial charge < -0.3 is 14.2 Å². The van der Waals surface area contributed by atoms with E-state index in [1.807, 2.05) is 0 Å². The van der Waals surface area contributed by atoms with Crippen molar-refractivity contribution in [1.29, 1.82) is 0 Å². The van der Waals surface area contributed by atoms with Crippen molar-refractivity contribution >= 4 is 17.5 Å². The first kappa shape index (κ1) is 19.2. The number of Topliss-reactive ketones (excluding diaryl/α,β-unsaturated/α-hetero) is 1. The number of aromatic nitrogens is 2. The Labute approximate surface area is 162 Å². The fourth-order valence-electron chi connectivity index (χ4n) is 2.99. The molecule has 3 atom stereocenters. The third-order valence-electron chi connectivity index (χ3n) is 4.43. The molecule has 6 nitrogen and oxygen atoms in total. The summed E-state index contributed by atoms with van der Waals surface area (Å²) in [6.07, 6.45) is -5.73. The number of ketones is 1. The summed E-state index contributed by atoms with van der Waals surface area (Å²) >= 11 is 1.00. The highest BCUT2D eigenvalue weighted by molar-refractivity contribution is 7.99. The van der Waals surface area contributed by atoms with Gasteiger partial charge in [-0.25, -0.2) is 9.97 Å². The molecule has 2 aromatic rings. The van der Waals surface area contributed by atoms with Gasteiger partial charge in [-0.05, 0) is 30.3 Å². The van der Waals surface area contributed by atoms with Crippen LogP contribution in [0.1, 0.15) is 12.1 Å². The average Bonchev–Trinajstić information content (AvgIpc) is 3.11. The van der Waals surface area contributed by atoms with Crippen molar-refractivity contribution in [1.82, 2.24) is 9.97 Å². The van der Waals surface area contributed by atoms with E-state index in [2.05, 4.69) is 9.97 Å². The van der Waals surface area contributed by atoms with Gasteiger partial charge in [-0.2, -0.15) is 13.2 Å². The van der Waals surface area contributed by atoms with Crippen molar-refractivity contribution in [3.05, 3.63) is 36.0 Å². The lowest BCUT2D eigenvalue weighted by atomic mass is 10.1. The van der Waals surface area contributed by atoms with Crippen LogP contribution >= 0.6 is 11.8 Å². The molecule has 2 bridgehead atoms. The van der Waals surface area contributed by atoms with Crippen LogP contribution in [0.5, 0.6) is 5.75 Å². The summed E-state index contributed by atoms with van der Waals surface area (Å²) in [7, 11) is 1.50. The average molecular weight is 412 g/mol. The number of halogens is 3. The van der Waals surface area contributed by atoms with Crippen LogP contribution in [-0.2, 0) is 20.4 Å². The molecule has 10 heteroatoms. The third-order valence-corrected chi connectivity index (χ3v) is 5.60.